The Morgan fingerprint density at radius 1 is 1.75 bits per heavy atom. The van der Waals surface area contributed by atoms with Crippen molar-refractivity contribution in [2.75, 3.05) is 0 Å². The SMILES string of the molecule is OBOc1ccsc1. The molecular formula is C4H5BO2S. The molecule has 0 amide bonds. The van der Waals surface area contributed by atoms with E-state index in [-0.39, 0.29) is 7.69 Å². The van der Waals surface area contributed by atoms with E-state index in [9.17, 15) is 0 Å². The quantitative estimate of drug-likeness (QED) is 0.583. The van der Waals surface area contributed by atoms with Gasteiger partial charge in [0.25, 0.3) is 0 Å². The zero-order valence-electron chi connectivity index (χ0n) is 4.20. The average molecular weight is 128 g/mol. The van der Waals surface area contributed by atoms with E-state index in [4.69, 9.17) is 9.68 Å². The summed E-state index contributed by atoms with van der Waals surface area (Å²) in [7, 11) is -0.239. The topological polar surface area (TPSA) is 29.5 Å². The number of hydrogen-bond donors (Lipinski definition) is 1. The summed E-state index contributed by atoms with van der Waals surface area (Å²) in [6, 6.07) is 1.81. The molecule has 2 nitrogen and oxygen atoms in total. The van der Waals surface area contributed by atoms with Crippen LogP contribution in [-0.2, 0) is 0 Å². The molecule has 0 saturated carbocycles. The van der Waals surface area contributed by atoms with E-state index < -0.39 is 0 Å². The maximum absolute atomic E-state index is 8.22. The van der Waals surface area contributed by atoms with Gasteiger partial charge in [-0.15, -0.1) is 11.3 Å². The smallest absolute Gasteiger partial charge is 0.504 e. The molecule has 1 aromatic rings. The fourth-order valence-electron chi connectivity index (χ4n) is 0.409. The predicted molar refractivity (Wildman–Crippen MR) is 34.3 cm³/mol. The molecule has 0 aliphatic carbocycles. The molecule has 0 saturated heterocycles. The third kappa shape index (κ3) is 1.25. The maximum atomic E-state index is 8.22. The Bertz CT molecular complexity index is 140. The van der Waals surface area contributed by atoms with Gasteiger partial charge in [0.1, 0.15) is 5.75 Å². The molecule has 0 aromatic carbocycles. The highest BCUT2D eigenvalue weighted by Gasteiger charge is 1.89. The monoisotopic (exact) mass is 128 g/mol. The van der Waals surface area contributed by atoms with E-state index in [0.29, 0.717) is 0 Å². The highest BCUT2D eigenvalue weighted by atomic mass is 32.1. The molecule has 0 spiro atoms. The second kappa shape index (κ2) is 2.74. The zero-order chi connectivity index (χ0) is 5.82. The Morgan fingerprint density at radius 2 is 2.62 bits per heavy atom. The van der Waals surface area contributed by atoms with Gasteiger partial charge in [0.15, 0.2) is 0 Å². The second-order valence-electron chi connectivity index (χ2n) is 1.23. The van der Waals surface area contributed by atoms with Crippen LogP contribution in [0.2, 0.25) is 0 Å². The van der Waals surface area contributed by atoms with Gasteiger partial charge < -0.3 is 9.68 Å². The first-order valence-corrected chi connectivity index (χ1v) is 3.13. The summed E-state index contributed by atoms with van der Waals surface area (Å²) in [5.41, 5.74) is 0. The fourth-order valence-corrected chi connectivity index (χ4v) is 0.981. The summed E-state index contributed by atoms with van der Waals surface area (Å²) < 4.78 is 4.71. The van der Waals surface area contributed by atoms with Crippen LogP contribution in [0.3, 0.4) is 0 Å². The first-order chi connectivity index (χ1) is 3.93. The van der Waals surface area contributed by atoms with Crippen molar-refractivity contribution in [2.24, 2.45) is 0 Å². The lowest BCUT2D eigenvalue weighted by atomic mass is 10.4. The Hall–Kier alpha value is -0.475. The predicted octanol–water partition coefficient (Wildman–Crippen LogP) is 0.386. The fraction of sp³-hybridized carbons (Fsp3) is 0. The molecule has 4 heteroatoms. The van der Waals surface area contributed by atoms with Crippen LogP contribution >= 0.6 is 11.3 Å². The van der Waals surface area contributed by atoms with Gasteiger partial charge in [-0.05, 0) is 11.4 Å². The van der Waals surface area contributed by atoms with Gasteiger partial charge in [-0.2, -0.15) is 0 Å². The van der Waals surface area contributed by atoms with E-state index in [0.717, 1.165) is 5.75 Å². The van der Waals surface area contributed by atoms with Crippen molar-refractivity contribution in [2.45, 2.75) is 0 Å². The van der Waals surface area contributed by atoms with Gasteiger partial charge >= 0.3 is 7.69 Å². The summed E-state index contributed by atoms with van der Waals surface area (Å²) in [6.07, 6.45) is 0. The van der Waals surface area contributed by atoms with Crippen LogP contribution in [-0.4, -0.2) is 12.7 Å². The van der Waals surface area contributed by atoms with Crippen molar-refractivity contribution in [1.82, 2.24) is 0 Å². The van der Waals surface area contributed by atoms with E-state index in [1.165, 1.54) is 0 Å². The molecule has 8 heavy (non-hydrogen) atoms. The first kappa shape index (κ1) is 5.66. The molecule has 1 N–H and O–H groups in total. The highest BCUT2D eigenvalue weighted by molar-refractivity contribution is 7.08. The second-order valence-corrected chi connectivity index (χ2v) is 2.01. The van der Waals surface area contributed by atoms with Crippen molar-refractivity contribution in [1.29, 1.82) is 0 Å². The van der Waals surface area contributed by atoms with E-state index in [1.54, 1.807) is 17.4 Å². The number of rotatable bonds is 2. The van der Waals surface area contributed by atoms with Gasteiger partial charge in [0.05, 0.1) is 0 Å². The van der Waals surface area contributed by atoms with E-state index in [2.05, 4.69) is 0 Å². The average Bonchev–Trinajstić information content (AvgIpc) is 2.19. The van der Waals surface area contributed by atoms with Crippen LogP contribution < -0.4 is 4.65 Å². The van der Waals surface area contributed by atoms with Crippen molar-refractivity contribution in [3.05, 3.63) is 16.8 Å². The van der Waals surface area contributed by atoms with Gasteiger partial charge in [-0.1, -0.05) is 0 Å². The molecule has 1 rings (SSSR count). The van der Waals surface area contributed by atoms with Gasteiger partial charge in [0.2, 0.25) is 0 Å². The van der Waals surface area contributed by atoms with E-state index in [1.807, 2.05) is 10.8 Å². The number of thiophene rings is 1. The Kier molecular flexibility index (Phi) is 1.94. The van der Waals surface area contributed by atoms with Crippen LogP contribution in [0.25, 0.3) is 0 Å². The molecular weight excluding hydrogens is 123 g/mol. The maximum Gasteiger partial charge on any atom is 0.504 e. The van der Waals surface area contributed by atoms with Crippen molar-refractivity contribution in [3.63, 3.8) is 0 Å². The lowest BCUT2D eigenvalue weighted by Crippen LogP contribution is -1.97. The Labute approximate surface area is 52.0 Å². The van der Waals surface area contributed by atoms with Crippen molar-refractivity contribution >= 4 is 19.0 Å². The normalized spacial score (nSPS) is 8.62. The standard InChI is InChI=1S/C4H5BO2S/c6-5-7-4-1-2-8-3-4/h1-3,5-6H. The molecule has 0 radical (unpaired) electrons. The molecule has 0 bridgehead atoms. The molecule has 0 unspecified atom stereocenters. The molecule has 0 aliphatic heterocycles. The third-order valence-corrected chi connectivity index (χ3v) is 1.39. The van der Waals surface area contributed by atoms with Crippen LogP contribution in [0.15, 0.2) is 16.8 Å². The molecule has 1 heterocycles. The van der Waals surface area contributed by atoms with Crippen molar-refractivity contribution < 1.29 is 9.68 Å². The summed E-state index contributed by atoms with van der Waals surface area (Å²) in [4.78, 5) is 0. The Morgan fingerprint density at radius 3 is 3.12 bits per heavy atom. The van der Waals surface area contributed by atoms with Gasteiger partial charge in [-0.25, -0.2) is 0 Å². The molecule has 1 aromatic heterocycles. The van der Waals surface area contributed by atoms with Crippen LogP contribution in [0, 0.1) is 0 Å². The highest BCUT2D eigenvalue weighted by Crippen LogP contribution is 2.13. The molecule has 0 atom stereocenters. The Balaban J connectivity index is 2.50. The molecule has 0 aliphatic rings. The number of hydrogen-bond acceptors (Lipinski definition) is 3. The minimum Gasteiger partial charge on any atom is -0.538 e. The minimum atomic E-state index is -0.239. The van der Waals surface area contributed by atoms with Crippen LogP contribution in [0.5, 0.6) is 5.75 Å². The van der Waals surface area contributed by atoms with Crippen LogP contribution in [0.4, 0.5) is 0 Å². The van der Waals surface area contributed by atoms with Crippen molar-refractivity contribution in [3.8, 4) is 5.75 Å². The van der Waals surface area contributed by atoms with E-state index >= 15 is 0 Å². The van der Waals surface area contributed by atoms with Gasteiger partial charge in [-0.3, -0.25) is 0 Å². The minimum absolute atomic E-state index is 0.239. The summed E-state index contributed by atoms with van der Waals surface area (Å²) >= 11 is 1.54. The first-order valence-electron chi connectivity index (χ1n) is 2.19. The largest absolute Gasteiger partial charge is 0.538 e. The zero-order valence-corrected chi connectivity index (χ0v) is 5.02. The lowest BCUT2D eigenvalue weighted by Gasteiger charge is -1.92. The summed E-state index contributed by atoms with van der Waals surface area (Å²) in [5, 5.41) is 11.9. The van der Waals surface area contributed by atoms with Crippen LogP contribution in [0.1, 0.15) is 0 Å². The summed E-state index contributed by atoms with van der Waals surface area (Å²) in [5.74, 6) is 0.734. The van der Waals surface area contributed by atoms with Gasteiger partial charge in [0, 0.05) is 5.38 Å². The third-order valence-electron chi connectivity index (χ3n) is 0.726. The summed E-state index contributed by atoms with van der Waals surface area (Å²) in [6.45, 7) is 0. The lowest BCUT2D eigenvalue weighted by molar-refractivity contribution is 0.455. The molecule has 42 valence electrons. The molecule has 0 fully saturated rings.